The average molecular weight is 428 g/mol. The highest BCUT2D eigenvalue weighted by Gasteiger charge is 2.07. The van der Waals surface area contributed by atoms with Gasteiger partial charge in [0.15, 0.2) is 11.7 Å². The Kier molecular flexibility index (Phi) is 8.00. The highest BCUT2D eigenvalue weighted by atomic mass is 32.1. The van der Waals surface area contributed by atoms with Crippen LogP contribution in [0.15, 0.2) is 48.5 Å². The second kappa shape index (κ2) is 10.7. The molecule has 2 amide bonds. The van der Waals surface area contributed by atoms with Gasteiger partial charge in [0.2, 0.25) is 5.91 Å². The smallest absolute Gasteiger partial charge is 0.276 e. The van der Waals surface area contributed by atoms with E-state index in [-0.39, 0.29) is 17.4 Å². The predicted octanol–water partition coefficient (Wildman–Crippen LogP) is 2.33. The number of carbonyl (C=O) groups excluding carboxylic acids is 2. The lowest BCUT2D eigenvalue weighted by molar-refractivity contribution is -0.384. The van der Waals surface area contributed by atoms with Gasteiger partial charge >= 0.3 is 0 Å². The Balaban J connectivity index is 1.75. The van der Waals surface area contributed by atoms with Crippen LogP contribution in [0.1, 0.15) is 16.7 Å². The molecule has 0 unspecified atom stereocenters. The standard InChI is InChI=1S/C20H20N4O5S/c1-13-8-14(2)10-17(9-13)29-12-19(26)22-23-20(30)21-18(25)7-6-15-4-3-5-16(11-15)24(27)28/h3-11H,12H2,1-2H3,(H,22,26)(H2,21,23,25,30)/b7-6+. The van der Waals surface area contributed by atoms with Crippen LogP contribution < -0.4 is 20.9 Å². The van der Waals surface area contributed by atoms with Crippen molar-refractivity contribution in [3.63, 3.8) is 0 Å². The molecule has 2 aromatic rings. The van der Waals surface area contributed by atoms with Gasteiger partial charge in [0, 0.05) is 18.2 Å². The molecule has 9 nitrogen and oxygen atoms in total. The van der Waals surface area contributed by atoms with Crippen LogP contribution in [0, 0.1) is 24.0 Å². The fourth-order valence-corrected chi connectivity index (χ4v) is 2.58. The zero-order valence-electron chi connectivity index (χ0n) is 16.3. The number of nitrogens with one attached hydrogen (secondary N) is 3. The maximum Gasteiger partial charge on any atom is 0.276 e. The van der Waals surface area contributed by atoms with Crippen molar-refractivity contribution in [1.29, 1.82) is 0 Å². The van der Waals surface area contributed by atoms with Gasteiger partial charge in [-0.25, -0.2) is 0 Å². The number of aryl methyl sites for hydroxylation is 2. The maximum absolute atomic E-state index is 11.9. The van der Waals surface area contributed by atoms with Gasteiger partial charge in [-0.1, -0.05) is 18.2 Å². The molecule has 0 fully saturated rings. The van der Waals surface area contributed by atoms with Crippen molar-refractivity contribution >= 4 is 40.9 Å². The Morgan fingerprint density at radius 2 is 1.83 bits per heavy atom. The van der Waals surface area contributed by atoms with Crippen LogP contribution in [-0.2, 0) is 9.59 Å². The Hall–Kier alpha value is -3.79. The van der Waals surface area contributed by atoms with Crippen LogP contribution >= 0.6 is 12.2 Å². The lowest BCUT2D eigenvalue weighted by Crippen LogP contribution is -2.49. The summed E-state index contributed by atoms with van der Waals surface area (Å²) in [5.74, 6) is -0.484. The molecule has 0 bridgehead atoms. The Bertz CT molecular complexity index is 986. The molecular weight excluding hydrogens is 408 g/mol. The van der Waals surface area contributed by atoms with Gasteiger partial charge in [-0.2, -0.15) is 0 Å². The van der Waals surface area contributed by atoms with Crippen LogP contribution in [0.2, 0.25) is 0 Å². The molecular formula is C20H20N4O5S. The van der Waals surface area contributed by atoms with E-state index in [9.17, 15) is 19.7 Å². The molecule has 0 aromatic heterocycles. The Morgan fingerprint density at radius 1 is 1.13 bits per heavy atom. The van der Waals surface area contributed by atoms with Gasteiger partial charge < -0.3 is 4.74 Å². The topological polar surface area (TPSA) is 123 Å². The summed E-state index contributed by atoms with van der Waals surface area (Å²) in [5.41, 5.74) is 7.14. The number of benzene rings is 2. The van der Waals surface area contributed by atoms with Gasteiger partial charge in [-0.05, 0) is 61.0 Å². The van der Waals surface area contributed by atoms with Crippen molar-refractivity contribution in [1.82, 2.24) is 16.2 Å². The molecule has 10 heteroatoms. The highest BCUT2D eigenvalue weighted by Crippen LogP contribution is 2.16. The van der Waals surface area contributed by atoms with E-state index in [1.54, 1.807) is 6.07 Å². The third kappa shape index (κ3) is 7.68. The van der Waals surface area contributed by atoms with E-state index >= 15 is 0 Å². The number of non-ortho nitro benzene ring substituents is 1. The third-order valence-corrected chi connectivity index (χ3v) is 3.83. The first kappa shape index (κ1) is 22.5. The zero-order chi connectivity index (χ0) is 22.1. The summed E-state index contributed by atoms with van der Waals surface area (Å²) < 4.78 is 5.42. The minimum Gasteiger partial charge on any atom is -0.484 e. The normalized spacial score (nSPS) is 10.3. The van der Waals surface area contributed by atoms with Crippen molar-refractivity contribution in [3.8, 4) is 5.75 Å². The number of carbonyl (C=O) groups is 2. The summed E-state index contributed by atoms with van der Waals surface area (Å²) in [6.45, 7) is 3.62. The zero-order valence-corrected chi connectivity index (χ0v) is 17.1. The third-order valence-electron chi connectivity index (χ3n) is 3.63. The van der Waals surface area contributed by atoms with Crippen molar-refractivity contribution in [2.75, 3.05) is 6.61 Å². The number of nitrogens with zero attached hydrogens (tertiary/aromatic N) is 1. The molecule has 0 aliphatic carbocycles. The first-order valence-electron chi connectivity index (χ1n) is 8.76. The summed E-state index contributed by atoms with van der Waals surface area (Å²) in [5, 5.41) is 13.0. The minimum absolute atomic E-state index is 0.0829. The SMILES string of the molecule is Cc1cc(C)cc(OCC(=O)NNC(=S)NC(=O)/C=C/c2cccc([N+](=O)[O-])c2)c1. The number of nitro benzene ring substituents is 1. The number of hydrogen-bond acceptors (Lipinski definition) is 6. The first-order chi connectivity index (χ1) is 14.2. The molecule has 0 spiro atoms. The van der Waals surface area contributed by atoms with E-state index < -0.39 is 16.7 Å². The van der Waals surface area contributed by atoms with Crippen molar-refractivity contribution in [2.24, 2.45) is 0 Å². The summed E-state index contributed by atoms with van der Waals surface area (Å²) in [7, 11) is 0. The summed E-state index contributed by atoms with van der Waals surface area (Å²) >= 11 is 4.92. The summed E-state index contributed by atoms with van der Waals surface area (Å²) in [6, 6.07) is 11.4. The van der Waals surface area contributed by atoms with Gasteiger partial charge in [-0.15, -0.1) is 0 Å². The fourth-order valence-electron chi connectivity index (χ4n) is 2.43. The molecule has 0 saturated carbocycles. The molecule has 2 aromatic carbocycles. The number of nitro groups is 1. The van der Waals surface area contributed by atoms with Crippen LogP contribution in [0.25, 0.3) is 6.08 Å². The molecule has 3 N–H and O–H groups in total. The van der Waals surface area contributed by atoms with E-state index in [0.717, 1.165) is 17.2 Å². The van der Waals surface area contributed by atoms with E-state index in [1.807, 2.05) is 32.0 Å². The number of rotatable bonds is 6. The fraction of sp³-hybridized carbons (Fsp3) is 0.150. The number of hydrogen-bond donors (Lipinski definition) is 3. The second-order valence-electron chi connectivity index (χ2n) is 6.29. The van der Waals surface area contributed by atoms with Gasteiger partial charge in [-0.3, -0.25) is 35.9 Å². The Morgan fingerprint density at radius 3 is 2.50 bits per heavy atom. The van der Waals surface area contributed by atoms with E-state index in [1.165, 1.54) is 24.3 Å². The highest BCUT2D eigenvalue weighted by molar-refractivity contribution is 7.80. The number of hydrazine groups is 1. The number of ether oxygens (including phenoxy) is 1. The number of thiocarbonyl (C=S) groups is 1. The van der Waals surface area contributed by atoms with E-state index in [4.69, 9.17) is 17.0 Å². The van der Waals surface area contributed by atoms with Crippen molar-refractivity contribution < 1.29 is 19.2 Å². The largest absolute Gasteiger partial charge is 0.484 e. The second-order valence-corrected chi connectivity index (χ2v) is 6.70. The summed E-state index contributed by atoms with van der Waals surface area (Å²) in [6.07, 6.45) is 2.57. The van der Waals surface area contributed by atoms with Crippen LogP contribution in [0.3, 0.4) is 0 Å². The molecule has 2 rings (SSSR count). The van der Waals surface area contributed by atoms with Gasteiger partial charge in [0.25, 0.3) is 11.6 Å². The predicted molar refractivity (Wildman–Crippen MR) is 116 cm³/mol. The van der Waals surface area contributed by atoms with Gasteiger partial charge in [0.05, 0.1) is 4.92 Å². The van der Waals surface area contributed by atoms with E-state index in [2.05, 4.69) is 16.2 Å². The first-order valence-corrected chi connectivity index (χ1v) is 9.17. The van der Waals surface area contributed by atoms with Gasteiger partial charge in [0.1, 0.15) is 5.75 Å². The minimum atomic E-state index is -0.570. The number of amides is 2. The quantitative estimate of drug-likeness (QED) is 0.279. The van der Waals surface area contributed by atoms with Crippen LogP contribution in [0.5, 0.6) is 5.75 Å². The average Bonchev–Trinajstić information content (AvgIpc) is 2.68. The van der Waals surface area contributed by atoms with Crippen LogP contribution in [0.4, 0.5) is 5.69 Å². The molecule has 156 valence electrons. The van der Waals surface area contributed by atoms with Crippen molar-refractivity contribution in [2.45, 2.75) is 13.8 Å². The van der Waals surface area contributed by atoms with E-state index in [0.29, 0.717) is 11.3 Å². The van der Waals surface area contributed by atoms with Crippen molar-refractivity contribution in [3.05, 3.63) is 75.3 Å². The molecule has 0 saturated heterocycles. The lowest BCUT2D eigenvalue weighted by Gasteiger charge is -2.11. The maximum atomic E-state index is 11.9. The molecule has 30 heavy (non-hydrogen) atoms. The Labute approximate surface area is 178 Å². The molecule has 0 radical (unpaired) electrons. The molecule has 0 atom stereocenters. The summed E-state index contributed by atoms with van der Waals surface area (Å²) in [4.78, 5) is 33.9. The molecule has 0 aliphatic heterocycles. The molecule has 0 heterocycles. The molecule has 0 aliphatic rings. The monoisotopic (exact) mass is 428 g/mol. The lowest BCUT2D eigenvalue weighted by atomic mass is 10.1. The van der Waals surface area contributed by atoms with Crippen LogP contribution in [-0.4, -0.2) is 28.5 Å².